The third-order valence-corrected chi connectivity index (χ3v) is 6.02. The van der Waals surface area contributed by atoms with Crippen LogP contribution in [0.4, 0.5) is 34.8 Å². The van der Waals surface area contributed by atoms with Crippen LogP contribution in [-0.2, 0) is 22.2 Å². The Kier molecular flexibility index (Phi) is 8.91. The van der Waals surface area contributed by atoms with Crippen LogP contribution in [0.15, 0.2) is 54.7 Å². The lowest BCUT2D eigenvalue weighted by atomic mass is 10.0. The van der Waals surface area contributed by atoms with E-state index < -0.39 is 23.5 Å². The molecule has 1 aromatic heterocycles. The first-order valence-electron chi connectivity index (χ1n) is 13.0. The molecular weight excluding hydrogens is 528 g/mol. The second-order valence-corrected chi connectivity index (χ2v) is 10.0. The van der Waals surface area contributed by atoms with Gasteiger partial charge in [-0.05, 0) is 81.5 Å². The van der Waals surface area contributed by atoms with Gasteiger partial charge in [0.2, 0.25) is 11.8 Å². The maximum Gasteiger partial charge on any atom is 0.416 e. The molecule has 1 aliphatic rings. The average molecular weight is 559 g/mol. The van der Waals surface area contributed by atoms with Crippen molar-refractivity contribution in [2.24, 2.45) is 5.92 Å². The minimum absolute atomic E-state index is 0.00651. The number of rotatable bonds is 11. The Morgan fingerprint density at radius 1 is 1.02 bits per heavy atom. The fourth-order valence-electron chi connectivity index (χ4n) is 4.00. The van der Waals surface area contributed by atoms with E-state index in [0.29, 0.717) is 23.5 Å². The van der Waals surface area contributed by atoms with Crippen LogP contribution in [0.25, 0.3) is 0 Å². The summed E-state index contributed by atoms with van der Waals surface area (Å²) in [7, 11) is 0. The number of anilines is 3. The number of pyridine rings is 1. The number of aromatic nitrogens is 1. The summed E-state index contributed by atoms with van der Waals surface area (Å²) in [6.45, 7) is 3.66. The molecule has 0 spiro atoms. The Labute approximate surface area is 229 Å². The van der Waals surface area contributed by atoms with Gasteiger partial charge in [0.15, 0.2) is 11.6 Å². The van der Waals surface area contributed by atoms with Crippen molar-refractivity contribution < 1.29 is 31.9 Å². The van der Waals surface area contributed by atoms with Gasteiger partial charge in [0.25, 0.3) is 0 Å². The predicted octanol–water partition coefficient (Wildman–Crippen LogP) is 7.16. The second-order valence-electron chi connectivity index (χ2n) is 10.0. The molecule has 4 rings (SSSR count). The Bertz CT molecular complexity index is 1370. The molecule has 0 aliphatic heterocycles. The van der Waals surface area contributed by atoms with E-state index >= 15 is 0 Å². The van der Waals surface area contributed by atoms with Crippen molar-refractivity contribution in [3.05, 3.63) is 71.7 Å². The normalized spacial score (nSPS) is 13.2. The Morgan fingerprint density at radius 2 is 1.80 bits per heavy atom. The van der Waals surface area contributed by atoms with Crippen molar-refractivity contribution >= 4 is 29.0 Å². The minimum Gasteiger partial charge on any atom is -0.454 e. The molecule has 40 heavy (non-hydrogen) atoms. The Balaban J connectivity index is 1.30. The third-order valence-electron chi connectivity index (χ3n) is 6.02. The summed E-state index contributed by atoms with van der Waals surface area (Å²) in [4.78, 5) is 28.4. The highest BCUT2D eigenvalue weighted by Gasteiger charge is 2.31. The monoisotopic (exact) mass is 558 g/mol. The van der Waals surface area contributed by atoms with E-state index in [0.717, 1.165) is 31.0 Å². The number of benzene rings is 2. The number of aryl methyl sites for hydroxylation is 1. The summed E-state index contributed by atoms with van der Waals surface area (Å²) in [5, 5.41) is 8.28. The van der Waals surface area contributed by atoms with Crippen LogP contribution in [0.3, 0.4) is 0 Å². The number of halogens is 4. The number of nitrogens with one attached hydrogen (secondary N) is 3. The largest absolute Gasteiger partial charge is 0.454 e. The highest BCUT2D eigenvalue weighted by atomic mass is 19.4. The van der Waals surface area contributed by atoms with Crippen LogP contribution in [-0.4, -0.2) is 22.8 Å². The summed E-state index contributed by atoms with van der Waals surface area (Å²) in [5.41, 5.74) is 0.295. The molecule has 0 atom stereocenters. The maximum absolute atomic E-state index is 14.7. The smallest absolute Gasteiger partial charge is 0.416 e. The molecule has 1 aliphatic carbocycles. The first-order valence-corrected chi connectivity index (χ1v) is 13.0. The van der Waals surface area contributed by atoms with E-state index in [1.54, 1.807) is 6.07 Å². The molecule has 2 amide bonds. The first kappa shape index (κ1) is 28.8. The molecule has 3 N–H and O–H groups in total. The van der Waals surface area contributed by atoms with Crippen molar-refractivity contribution in [1.29, 1.82) is 0 Å². The van der Waals surface area contributed by atoms with E-state index in [2.05, 4.69) is 20.9 Å². The quantitative estimate of drug-likeness (QED) is 0.217. The minimum atomic E-state index is -4.48. The van der Waals surface area contributed by atoms with E-state index in [1.165, 1.54) is 30.5 Å². The summed E-state index contributed by atoms with van der Waals surface area (Å²) in [5.74, 6) is -0.725. The average Bonchev–Trinajstić information content (AvgIpc) is 3.71. The van der Waals surface area contributed by atoms with Gasteiger partial charge in [0.05, 0.1) is 5.56 Å². The molecule has 1 fully saturated rings. The Morgan fingerprint density at radius 3 is 2.48 bits per heavy atom. The van der Waals surface area contributed by atoms with Crippen LogP contribution in [0.5, 0.6) is 11.5 Å². The van der Waals surface area contributed by atoms with Crippen LogP contribution in [0.2, 0.25) is 0 Å². The number of hydrogen-bond donors (Lipinski definition) is 3. The Hall–Kier alpha value is -4.15. The highest BCUT2D eigenvalue weighted by Crippen LogP contribution is 2.33. The standard InChI is InChI=1S/C29H30F4N4O3/c1-17(2)35-22-13-18(12-20(14-22)29(31,32)33)4-3-5-27(38)36-21-8-9-25(24(30)15-21)40-23-10-11-34-26(16-23)37-28(39)19-6-7-19/h8-17,19,35H,3-7H2,1-2H3,(H,36,38)(H,34,37,39). The number of nitrogens with zero attached hydrogens (tertiary/aromatic N) is 1. The molecule has 3 aromatic rings. The fourth-order valence-corrected chi connectivity index (χ4v) is 4.00. The molecule has 212 valence electrons. The van der Waals surface area contributed by atoms with Crippen LogP contribution >= 0.6 is 0 Å². The number of hydrogen-bond acceptors (Lipinski definition) is 5. The van der Waals surface area contributed by atoms with Crippen LogP contribution < -0.4 is 20.7 Å². The molecular formula is C29H30F4N4O3. The summed E-state index contributed by atoms with van der Waals surface area (Å²) >= 11 is 0. The molecule has 0 radical (unpaired) electrons. The molecule has 0 unspecified atom stereocenters. The zero-order chi connectivity index (χ0) is 28.9. The van der Waals surface area contributed by atoms with Gasteiger partial charge in [0, 0.05) is 48.1 Å². The molecule has 1 heterocycles. The van der Waals surface area contributed by atoms with E-state index in [4.69, 9.17) is 4.74 Å². The number of amides is 2. The predicted molar refractivity (Wildman–Crippen MR) is 144 cm³/mol. The van der Waals surface area contributed by atoms with Gasteiger partial charge in [-0.2, -0.15) is 13.2 Å². The number of carbonyl (C=O) groups is 2. The molecule has 0 saturated heterocycles. The van der Waals surface area contributed by atoms with Crippen molar-refractivity contribution in [2.75, 3.05) is 16.0 Å². The van der Waals surface area contributed by atoms with E-state index in [1.807, 2.05) is 13.8 Å². The second kappa shape index (κ2) is 12.4. The highest BCUT2D eigenvalue weighted by molar-refractivity contribution is 5.93. The molecule has 0 bridgehead atoms. The van der Waals surface area contributed by atoms with Gasteiger partial charge in [-0.3, -0.25) is 9.59 Å². The summed E-state index contributed by atoms with van der Waals surface area (Å²) in [6, 6.07) is 10.7. The lowest BCUT2D eigenvalue weighted by molar-refractivity contribution is -0.137. The van der Waals surface area contributed by atoms with Gasteiger partial charge in [-0.1, -0.05) is 0 Å². The summed E-state index contributed by atoms with van der Waals surface area (Å²) in [6.07, 6.45) is -0.737. The zero-order valence-corrected chi connectivity index (χ0v) is 22.1. The number of alkyl halides is 3. The van der Waals surface area contributed by atoms with Gasteiger partial charge in [-0.15, -0.1) is 0 Å². The third kappa shape index (κ3) is 8.42. The fraction of sp³-hybridized carbons (Fsp3) is 0.345. The van der Waals surface area contributed by atoms with Gasteiger partial charge >= 0.3 is 6.18 Å². The number of ether oxygens (including phenoxy) is 1. The topological polar surface area (TPSA) is 92.3 Å². The lowest BCUT2D eigenvalue weighted by Gasteiger charge is -2.15. The van der Waals surface area contributed by atoms with Crippen LogP contribution in [0.1, 0.15) is 50.7 Å². The van der Waals surface area contributed by atoms with Crippen molar-refractivity contribution in [3.63, 3.8) is 0 Å². The molecule has 7 nitrogen and oxygen atoms in total. The summed E-state index contributed by atoms with van der Waals surface area (Å²) < 4.78 is 60.2. The SMILES string of the molecule is CC(C)Nc1cc(CCCC(=O)Nc2ccc(Oc3ccnc(NC(=O)C4CC4)c3)c(F)c2)cc(C(F)(F)F)c1. The van der Waals surface area contributed by atoms with Crippen molar-refractivity contribution in [3.8, 4) is 11.5 Å². The zero-order valence-electron chi connectivity index (χ0n) is 22.1. The van der Waals surface area contributed by atoms with E-state index in [-0.39, 0.29) is 47.9 Å². The van der Waals surface area contributed by atoms with Gasteiger partial charge < -0.3 is 20.7 Å². The maximum atomic E-state index is 14.7. The van der Waals surface area contributed by atoms with Gasteiger partial charge in [0.1, 0.15) is 11.6 Å². The lowest BCUT2D eigenvalue weighted by Crippen LogP contribution is -2.14. The molecule has 11 heteroatoms. The van der Waals surface area contributed by atoms with Crippen molar-refractivity contribution in [2.45, 2.75) is 58.2 Å². The molecule has 1 saturated carbocycles. The van der Waals surface area contributed by atoms with Gasteiger partial charge in [-0.25, -0.2) is 9.37 Å². The number of carbonyl (C=O) groups excluding carboxylic acids is 2. The first-order chi connectivity index (χ1) is 19.0. The molecule has 2 aromatic carbocycles. The van der Waals surface area contributed by atoms with E-state index in [9.17, 15) is 27.2 Å². The van der Waals surface area contributed by atoms with Crippen LogP contribution in [0, 0.1) is 11.7 Å². The van der Waals surface area contributed by atoms with Crippen molar-refractivity contribution in [1.82, 2.24) is 4.98 Å².